The van der Waals surface area contributed by atoms with Gasteiger partial charge in [-0.2, -0.15) is 4.31 Å². The third kappa shape index (κ3) is 3.82. The van der Waals surface area contributed by atoms with Gasteiger partial charge in [0.1, 0.15) is 11.3 Å². The van der Waals surface area contributed by atoms with Crippen LogP contribution < -0.4 is 0 Å². The molecule has 2 aromatic carbocycles. The fourth-order valence-corrected chi connectivity index (χ4v) is 5.67. The van der Waals surface area contributed by atoms with Gasteiger partial charge in [-0.05, 0) is 53.2 Å². The summed E-state index contributed by atoms with van der Waals surface area (Å²) < 4.78 is 57.1. The van der Waals surface area contributed by atoms with Crippen LogP contribution in [0, 0.1) is 0 Å². The predicted octanol–water partition coefficient (Wildman–Crippen LogP) is 3.98. The Morgan fingerprint density at radius 1 is 1.04 bits per heavy atom. The molecule has 0 fully saturated rings. The molecule has 0 N–H and O–H groups in total. The molecule has 1 unspecified atom stereocenters. The van der Waals surface area contributed by atoms with Crippen molar-refractivity contribution in [2.75, 3.05) is 13.3 Å². The smallest absolute Gasteiger partial charge is 0.244 e. The van der Waals surface area contributed by atoms with Gasteiger partial charge in [0.25, 0.3) is 0 Å². The molecule has 0 bridgehead atoms. The fourth-order valence-electron chi connectivity index (χ4n) is 2.66. The molecule has 0 aliphatic heterocycles. The minimum Gasteiger partial charge on any atom is -0.459 e. The number of nitrogens with zero attached hydrogens (tertiary/aromatic N) is 1. The molecule has 0 spiro atoms. The van der Waals surface area contributed by atoms with Crippen molar-refractivity contribution in [3.8, 4) is 0 Å². The summed E-state index contributed by atoms with van der Waals surface area (Å²) in [5.74, 6) is 0.498. The normalized spacial score (nSPS) is 14.0. The van der Waals surface area contributed by atoms with Gasteiger partial charge in [-0.15, -0.1) is 0 Å². The lowest BCUT2D eigenvalue weighted by Crippen LogP contribution is -2.30. The Morgan fingerprint density at radius 2 is 1.70 bits per heavy atom. The van der Waals surface area contributed by atoms with E-state index < -0.39 is 25.9 Å². The van der Waals surface area contributed by atoms with Crippen LogP contribution in [0.2, 0.25) is 0 Å². The second kappa shape index (κ2) is 7.05. The van der Waals surface area contributed by atoms with E-state index in [0.29, 0.717) is 15.8 Å². The van der Waals surface area contributed by atoms with Crippen molar-refractivity contribution in [1.82, 2.24) is 4.31 Å². The molecule has 0 radical (unpaired) electrons. The zero-order valence-corrected chi connectivity index (χ0v) is 18.1. The van der Waals surface area contributed by atoms with Crippen LogP contribution in [-0.4, -0.2) is 34.4 Å². The minimum atomic E-state index is -3.98. The van der Waals surface area contributed by atoms with Crippen molar-refractivity contribution in [2.24, 2.45) is 0 Å². The number of halogens is 1. The summed E-state index contributed by atoms with van der Waals surface area (Å²) in [6, 6.07) is 12.6. The molecule has 1 aromatic heterocycles. The summed E-state index contributed by atoms with van der Waals surface area (Å²) in [5, 5.41) is 0.880. The molecular weight excluding hydrogens is 454 g/mol. The minimum absolute atomic E-state index is 0.0611. The summed E-state index contributed by atoms with van der Waals surface area (Å²) in [6.07, 6.45) is 1.04. The van der Waals surface area contributed by atoms with Crippen LogP contribution in [0.3, 0.4) is 0 Å². The van der Waals surface area contributed by atoms with E-state index in [4.69, 9.17) is 4.42 Å². The summed E-state index contributed by atoms with van der Waals surface area (Å²) in [5.41, 5.74) is 0.672. The number of hydrogen-bond acceptors (Lipinski definition) is 5. The Hall–Kier alpha value is -1.68. The summed E-state index contributed by atoms with van der Waals surface area (Å²) >= 11 is 3.21. The molecular formula is C18H18BrNO5S2. The third-order valence-electron chi connectivity index (χ3n) is 4.39. The number of furan rings is 1. The van der Waals surface area contributed by atoms with Crippen molar-refractivity contribution < 1.29 is 21.3 Å². The first-order valence-electron chi connectivity index (χ1n) is 7.98. The lowest BCUT2D eigenvalue weighted by molar-refractivity contribution is 0.348. The van der Waals surface area contributed by atoms with Gasteiger partial charge in [0, 0.05) is 23.2 Å². The SMILES string of the molecule is CC(c1cc2ccccc2o1)N(C)S(=O)(=O)c1cc(S(C)(=O)=O)ccc1Br. The lowest BCUT2D eigenvalue weighted by atomic mass is 10.2. The molecule has 0 amide bonds. The largest absolute Gasteiger partial charge is 0.459 e. The van der Waals surface area contributed by atoms with E-state index in [1.807, 2.05) is 24.3 Å². The molecule has 1 atom stereocenters. The summed E-state index contributed by atoms with van der Waals surface area (Å²) in [4.78, 5) is -0.176. The molecule has 0 aliphatic carbocycles. The third-order valence-corrected chi connectivity index (χ3v) is 8.42. The molecule has 3 aromatic rings. The highest BCUT2D eigenvalue weighted by Gasteiger charge is 2.30. The van der Waals surface area contributed by atoms with E-state index in [1.54, 1.807) is 13.0 Å². The zero-order valence-electron chi connectivity index (χ0n) is 14.9. The van der Waals surface area contributed by atoms with Gasteiger partial charge in [0.15, 0.2) is 9.84 Å². The number of fused-ring (bicyclic) bond motifs is 1. The van der Waals surface area contributed by atoms with Gasteiger partial charge in [-0.25, -0.2) is 16.8 Å². The van der Waals surface area contributed by atoms with Crippen molar-refractivity contribution in [3.63, 3.8) is 0 Å². The van der Waals surface area contributed by atoms with E-state index in [9.17, 15) is 16.8 Å². The van der Waals surface area contributed by atoms with E-state index in [-0.39, 0.29) is 9.79 Å². The van der Waals surface area contributed by atoms with Crippen molar-refractivity contribution >= 4 is 46.8 Å². The quantitative estimate of drug-likeness (QED) is 0.561. The van der Waals surface area contributed by atoms with Gasteiger partial charge >= 0.3 is 0 Å². The highest BCUT2D eigenvalue weighted by atomic mass is 79.9. The second-order valence-electron chi connectivity index (χ2n) is 6.25. The maximum absolute atomic E-state index is 13.1. The Morgan fingerprint density at radius 3 is 2.33 bits per heavy atom. The van der Waals surface area contributed by atoms with Crippen LogP contribution >= 0.6 is 15.9 Å². The lowest BCUT2D eigenvalue weighted by Gasteiger charge is -2.23. The molecule has 0 saturated carbocycles. The van der Waals surface area contributed by atoms with Gasteiger partial charge in [0.05, 0.1) is 15.8 Å². The Labute approximate surface area is 166 Å². The van der Waals surface area contributed by atoms with Crippen LogP contribution in [-0.2, 0) is 19.9 Å². The topological polar surface area (TPSA) is 84.7 Å². The van der Waals surface area contributed by atoms with Gasteiger partial charge in [-0.3, -0.25) is 0 Å². The van der Waals surface area contributed by atoms with Crippen LogP contribution in [0.5, 0.6) is 0 Å². The van der Waals surface area contributed by atoms with E-state index in [1.165, 1.54) is 19.2 Å². The molecule has 6 nitrogen and oxygen atoms in total. The number of benzene rings is 2. The van der Waals surface area contributed by atoms with Gasteiger partial charge in [-0.1, -0.05) is 18.2 Å². The average molecular weight is 472 g/mol. The van der Waals surface area contributed by atoms with Crippen LogP contribution in [0.4, 0.5) is 0 Å². The number of sulfone groups is 1. The maximum Gasteiger partial charge on any atom is 0.244 e. The Balaban J connectivity index is 2.03. The second-order valence-corrected chi connectivity index (χ2v) is 11.1. The molecule has 3 rings (SSSR count). The van der Waals surface area contributed by atoms with Crippen molar-refractivity contribution in [1.29, 1.82) is 0 Å². The molecule has 0 saturated heterocycles. The van der Waals surface area contributed by atoms with Crippen LogP contribution in [0.1, 0.15) is 18.7 Å². The molecule has 27 heavy (non-hydrogen) atoms. The number of sulfonamides is 1. The maximum atomic E-state index is 13.1. The molecule has 144 valence electrons. The predicted molar refractivity (Wildman–Crippen MR) is 107 cm³/mol. The fraction of sp³-hybridized carbons (Fsp3) is 0.222. The zero-order chi connectivity index (χ0) is 20.0. The first-order valence-corrected chi connectivity index (χ1v) is 12.1. The molecule has 9 heteroatoms. The van der Waals surface area contributed by atoms with Gasteiger partial charge < -0.3 is 4.42 Å². The molecule has 0 aliphatic rings. The highest BCUT2D eigenvalue weighted by molar-refractivity contribution is 9.10. The Bertz CT molecular complexity index is 1180. The number of para-hydroxylation sites is 1. The first kappa shape index (κ1) is 20.1. The Kier molecular flexibility index (Phi) is 5.24. The highest BCUT2D eigenvalue weighted by Crippen LogP contribution is 2.33. The monoisotopic (exact) mass is 471 g/mol. The van der Waals surface area contributed by atoms with Crippen molar-refractivity contribution in [2.45, 2.75) is 22.8 Å². The molecule has 1 heterocycles. The first-order chi connectivity index (χ1) is 12.5. The van der Waals surface area contributed by atoms with E-state index in [2.05, 4.69) is 15.9 Å². The number of hydrogen-bond donors (Lipinski definition) is 0. The summed E-state index contributed by atoms with van der Waals surface area (Å²) in [6.45, 7) is 1.71. The van der Waals surface area contributed by atoms with Crippen LogP contribution in [0.25, 0.3) is 11.0 Å². The van der Waals surface area contributed by atoms with Crippen molar-refractivity contribution in [3.05, 3.63) is 58.8 Å². The van der Waals surface area contributed by atoms with Gasteiger partial charge in [0.2, 0.25) is 10.0 Å². The van der Waals surface area contributed by atoms with Crippen LogP contribution in [0.15, 0.2) is 67.2 Å². The standard InChI is InChI=1S/C18H18BrNO5S2/c1-12(17-10-13-6-4-5-7-16(13)25-17)20(2)27(23,24)18-11-14(26(3,21)22)8-9-15(18)19/h4-12H,1-3H3. The average Bonchev–Trinajstić information content (AvgIpc) is 3.03. The summed E-state index contributed by atoms with van der Waals surface area (Å²) in [7, 11) is -6.08. The number of rotatable bonds is 5. The van der Waals surface area contributed by atoms with E-state index >= 15 is 0 Å². The van der Waals surface area contributed by atoms with E-state index in [0.717, 1.165) is 22.0 Å².